The Labute approximate surface area is 132 Å². The van der Waals surface area contributed by atoms with Crippen molar-refractivity contribution in [3.8, 4) is 0 Å². The summed E-state index contributed by atoms with van der Waals surface area (Å²) in [6, 6.07) is 10.4. The SMILES string of the molecule is COCCN1C(C)CN(C(=O)OCc2ccccc2)CC1C. The van der Waals surface area contributed by atoms with Crippen molar-refractivity contribution in [2.45, 2.75) is 32.5 Å². The fraction of sp³-hybridized carbons (Fsp3) is 0.588. The molecule has 1 fully saturated rings. The van der Waals surface area contributed by atoms with Crippen LogP contribution in [-0.4, -0.2) is 61.3 Å². The first kappa shape index (κ1) is 16.8. The van der Waals surface area contributed by atoms with E-state index in [4.69, 9.17) is 9.47 Å². The maximum absolute atomic E-state index is 12.2. The van der Waals surface area contributed by atoms with Gasteiger partial charge >= 0.3 is 6.09 Å². The highest BCUT2D eigenvalue weighted by Crippen LogP contribution is 2.16. The molecule has 0 N–H and O–H groups in total. The summed E-state index contributed by atoms with van der Waals surface area (Å²) >= 11 is 0. The fourth-order valence-corrected chi connectivity index (χ4v) is 2.95. The van der Waals surface area contributed by atoms with Gasteiger partial charge in [0, 0.05) is 38.8 Å². The number of benzene rings is 1. The van der Waals surface area contributed by atoms with Gasteiger partial charge in [0.05, 0.1) is 6.61 Å². The molecule has 1 amide bonds. The van der Waals surface area contributed by atoms with E-state index in [1.165, 1.54) is 0 Å². The van der Waals surface area contributed by atoms with Crippen LogP contribution >= 0.6 is 0 Å². The van der Waals surface area contributed by atoms with Gasteiger partial charge in [-0.15, -0.1) is 0 Å². The van der Waals surface area contributed by atoms with Gasteiger partial charge in [-0.1, -0.05) is 30.3 Å². The Morgan fingerprint density at radius 2 is 1.82 bits per heavy atom. The lowest BCUT2D eigenvalue weighted by Crippen LogP contribution is -2.58. The Hall–Kier alpha value is -1.59. The van der Waals surface area contributed by atoms with Crippen molar-refractivity contribution in [3.05, 3.63) is 35.9 Å². The van der Waals surface area contributed by atoms with Gasteiger partial charge in [-0.05, 0) is 19.4 Å². The molecule has 0 saturated carbocycles. The summed E-state index contributed by atoms with van der Waals surface area (Å²) in [5, 5.41) is 0. The van der Waals surface area contributed by atoms with Crippen molar-refractivity contribution in [3.63, 3.8) is 0 Å². The summed E-state index contributed by atoms with van der Waals surface area (Å²) in [5.41, 5.74) is 1.01. The molecular formula is C17H26N2O3. The standard InChI is InChI=1S/C17H26N2O3/c1-14-11-18(12-15(2)19(14)9-10-21-3)17(20)22-13-16-7-5-4-6-8-16/h4-8,14-15H,9-13H2,1-3H3. The van der Waals surface area contributed by atoms with Crippen LogP contribution < -0.4 is 0 Å². The molecule has 1 aromatic rings. The topological polar surface area (TPSA) is 42.0 Å². The first-order chi connectivity index (χ1) is 10.6. The van der Waals surface area contributed by atoms with E-state index >= 15 is 0 Å². The third-order valence-electron chi connectivity index (χ3n) is 4.12. The molecule has 1 aliphatic rings. The van der Waals surface area contributed by atoms with Crippen LogP contribution in [0.1, 0.15) is 19.4 Å². The van der Waals surface area contributed by atoms with Gasteiger partial charge in [0.25, 0.3) is 0 Å². The summed E-state index contributed by atoms with van der Waals surface area (Å²) in [5.74, 6) is 0. The van der Waals surface area contributed by atoms with E-state index in [1.54, 1.807) is 7.11 Å². The van der Waals surface area contributed by atoms with E-state index in [0.717, 1.165) is 12.1 Å². The molecule has 2 rings (SSSR count). The van der Waals surface area contributed by atoms with E-state index in [1.807, 2.05) is 35.2 Å². The molecule has 0 aliphatic carbocycles. The molecule has 22 heavy (non-hydrogen) atoms. The number of carbonyl (C=O) groups is 1. The lowest BCUT2D eigenvalue weighted by atomic mass is 10.1. The summed E-state index contributed by atoms with van der Waals surface area (Å²) in [7, 11) is 1.71. The Bertz CT molecular complexity index is 454. The van der Waals surface area contributed by atoms with Crippen LogP contribution in [0.4, 0.5) is 4.79 Å². The van der Waals surface area contributed by atoms with Crippen LogP contribution in [0.15, 0.2) is 30.3 Å². The molecular weight excluding hydrogens is 280 g/mol. The zero-order valence-corrected chi connectivity index (χ0v) is 13.7. The van der Waals surface area contributed by atoms with Crippen molar-refractivity contribution in [1.29, 1.82) is 0 Å². The number of amides is 1. The summed E-state index contributed by atoms with van der Waals surface area (Å²) < 4.78 is 10.6. The van der Waals surface area contributed by atoms with E-state index in [9.17, 15) is 4.79 Å². The normalized spacial score (nSPS) is 22.6. The monoisotopic (exact) mass is 306 g/mol. The minimum absolute atomic E-state index is 0.228. The number of methoxy groups -OCH3 is 1. The summed E-state index contributed by atoms with van der Waals surface area (Å²) in [6.07, 6.45) is -0.228. The van der Waals surface area contributed by atoms with Gasteiger partial charge in [0.1, 0.15) is 6.61 Å². The predicted molar refractivity (Wildman–Crippen MR) is 85.7 cm³/mol. The molecule has 0 radical (unpaired) electrons. The lowest BCUT2D eigenvalue weighted by Gasteiger charge is -2.43. The van der Waals surface area contributed by atoms with Crippen LogP contribution in [0, 0.1) is 0 Å². The molecule has 2 atom stereocenters. The van der Waals surface area contributed by atoms with Gasteiger partial charge in [-0.25, -0.2) is 4.79 Å². The Kier molecular flexibility index (Phi) is 6.21. The fourth-order valence-electron chi connectivity index (χ4n) is 2.95. The summed E-state index contributed by atoms with van der Waals surface area (Å²) in [6.45, 7) is 7.61. The zero-order valence-electron chi connectivity index (χ0n) is 13.7. The van der Waals surface area contributed by atoms with Gasteiger partial charge in [0.2, 0.25) is 0 Å². The van der Waals surface area contributed by atoms with Crippen molar-refractivity contribution in [2.24, 2.45) is 0 Å². The predicted octanol–water partition coefficient (Wildman–Crippen LogP) is 2.36. The van der Waals surface area contributed by atoms with Gasteiger partial charge in [-0.2, -0.15) is 0 Å². The minimum Gasteiger partial charge on any atom is -0.445 e. The second-order valence-electron chi connectivity index (χ2n) is 5.87. The van der Waals surface area contributed by atoms with Crippen LogP contribution in [0.3, 0.4) is 0 Å². The quantitative estimate of drug-likeness (QED) is 0.837. The van der Waals surface area contributed by atoms with Crippen LogP contribution in [-0.2, 0) is 16.1 Å². The summed E-state index contributed by atoms with van der Waals surface area (Å²) in [4.78, 5) is 16.4. The van der Waals surface area contributed by atoms with Crippen molar-refractivity contribution >= 4 is 6.09 Å². The first-order valence-electron chi connectivity index (χ1n) is 7.82. The second kappa shape index (κ2) is 8.15. The van der Waals surface area contributed by atoms with Crippen LogP contribution in [0.25, 0.3) is 0 Å². The number of rotatable bonds is 5. The Morgan fingerprint density at radius 1 is 1.18 bits per heavy atom. The molecule has 1 saturated heterocycles. The van der Waals surface area contributed by atoms with Gasteiger partial charge in [0.15, 0.2) is 0 Å². The second-order valence-corrected chi connectivity index (χ2v) is 5.87. The van der Waals surface area contributed by atoms with E-state index in [-0.39, 0.29) is 6.09 Å². The van der Waals surface area contributed by atoms with Crippen molar-refractivity contribution in [1.82, 2.24) is 9.80 Å². The number of piperazine rings is 1. The highest BCUT2D eigenvalue weighted by Gasteiger charge is 2.32. The average Bonchev–Trinajstić information content (AvgIpc) is 2.52. The molecule has 0 spiro atoms. The van der Waals surface area contributed by atoms with Crippen molar-refractivity contribution in [2.75, 3.05) is 33.4 Å². The van der Waals surface area contributed by atoms with Gasteiger partial charge in [-0.3, -0.25) is 4.90 Å². The largest absolute Gasteiger partial charge is 0.445 e. The van der Waals surface area contributed by atoms with Crippen molar-refractivity contribution < 1.29 is 14.3 Å². The van der Waals surface area contributed by atoms with Gasteiger partial charge < -0.3 is 14.4 Å². The zero-order chi connectivity index (χ0) is 15.9. The van der Waals surface area contributed by atoms with E-state index < -0.39 is 0 Å². The lowest BCUT2D eigenvalue weighted by molar-refractivity contribution is 0.0133. The number of ether oxygens (including phenoxy) is 2. The molecule has 1 heterocycles. The number of hydrogen-bond acceptors (Lipinski definition) is 4. The number of carbonyl (C=O) groups excluding carboxylic acids is 1. The number of nitrogens with zero attached hydrogens (tertiary/aromatic N) is 2. The maximum Gasteiger partial charge on any atom is 0.410 e. The average molecular weight is 306 g/mol. The molecule has 5 nitrogen and oxygen atoms in total. The molecule has 0 bridgehead atoms. The minimum atomic E-state index is -0.228. The smallest absolute Gasteiger partial charge is 0.410 e. The molecule has 5 heteroatoms. The third kappa shape index (κ3) is 4.45. The van der Waals surface area contributed by atoms with Crippen LogP contribution in [0.2, 0.25) is 0 Å². The first-order valence-corrected chi connectivity index (χ1v) is 7.82. The Morgan fingerprint density at radius 3 is 2.41 bits per heavy atom. The molecule has 1 aromatic carbocycles. The molecule has 0 aromatic heterocycles. The molecule has 2 unspecified atom stereocenters. The number of hydrogen-bond donors (Lipinski definition) is 0. The Balaban J connectivity index is 1.84. The molecule has 1 aliphatic heterocycles. The highest BCUT2D eigenvalue weighted by atomic mass is 16.6. The maximum atomic E-state index is 12.2. The third-order valence-corrected chi connectivity index (χ3v) is 4.12. The van der Waals surface area contributed by atoms with Crippen LogP contribution in [0.5, 0.6) is 0 Å². The van der Waals surface area contributed by atoms with E-state index in [0.29, 0.717) is 38.4 Å². The molecule has 122 valence electrons. The van der Waals surface area contributed by atoms with E-state index in [2.05, 4.69) is 18.7 Å². The highest BCUT2D eigenvalue weighted by molar-refractivity contribution is 5.68.